The third-order valence-electron chi connectivity index (χ3n) is 0.689. The molecule has 0 saturated heterocycles. The van der Waals surface area contributed by atoms with Gasteiger partial charge in [0.1, 0.15) is 0 Å². The Balaban J connectivity index is -0.000000320. The number of hydrogen-bond donors (Lipinski definition) is 1. The zero-order valence-electron chi connectivity index (χ0n) is 6.49. The van der Waals surface area contributed by atoms with E-state index in [1.165, 1.54) is 0 Å². The molecule has 0 aliphatic rings. The Bertz CT molecular complexity index is 140. The fourth-order valence-electron chi connectivity index (χ4n) is 0.263. The predicted molar refractivity (Wildman–Crippen MR) is 22.6 cm³/mol. The molecule has 2 N–H and O–H groups in total. The van der Waals surface area contributed by atoms with Gasteiger partial charge in [0.2, 0.25) is 0 Å². The largest absolute Gasteiger partial charge is 1.00 e. The summed E-state index contributed by atoms with van der Waals surface area (Å²) in [5.74, 6) is -3.08. The second kappa shape index (κ2) is 10.3. The quantitative estimate of drug-likeness (QED) is 0.464. The maximum absolute atomic E-state index is 9.71. The molecule has 0 unspecified atom stereocenters. The van der Waals surface area contributed by atoms with E-state index in [4.69, 9.17) is 5.73 Å². The Hall–Kier alpha value is 2.17. The fourth-order valence-corrected chi connectivity index (χ4v) is 0.263. The van der Waals surface area contributed by atoms with Gasteiger partial charge in [-0.1, -0.05) is 0 Å². The summed E-state index contributed by atoms with van der Waals surface area (Å²) in [6.45, 7) is 0. The molecule has 5 nitrogen and oxygen atoms in total. The average molecular weight is 209 g/mol. The number of carboxylic acids is 2. The van der Waals surface area contributed by atoms with Crippen molar-refractivity contribution in [3.63, 3.8) is 0 Å². The van der Waals surface area contributed by atoms with E-state index in [-0.39, 0.29) is 103 Å². The van der Waals surface area contributed by atoms with E-state index in [1.54, 1.807) is 0 Å². The molecule has 0 rings (SSSR count). The van der Waals surface area contributed by atoms with Gasteiger partial charge >= 0.3 is 103 Å². The van der Waals surface area contributed by atoms with E-state index < -0.39 is 24.4 Å². The first-order valence-corrected chi connectivity index (χ1v) is 2.20. The van der Waals surface area contributed by atoms with Gasteiger partial charge in [0.25, 0.3) is 0 Å². The van der Waals surface area contributed by atoms with Gasteiger partial charge in [0, 0.05) is 18.4 Å². The molecule has 0 aliphatic heterocycles. The molecule has 52 valence electrons. The number of rotatable bonds is 3. The van der Waals surface area contributed by atoms with Crippen LogP contribution < -0.4 is 119 Å². The molecular weight excluding hydrogens is 204 g/mol. The SMILES string of the molecule is N[C@@H](CC(=O)[O-])C(=O)[O-].[K+].[K+]. The van der Waals surface area contributed by atoms with E-state index in [2.05, 4.69) is 0 Å². The van der Waals surface area contributed by atoms with Crippen LogP contribution in [0, 0.1) is 0 Å². The minimum atomic E-state index is -1.58. The number of hydrogen-bond acceptors (Lipinski definition) is 5. The number of carbonyl (C=O) groups excluding carboxylic acids is 2. The predicted octanol–water partition coefficient (Wildman–Crippen LogP) is -9.79. The molecule has 0 fully saturated rings. The Kier molecular flexibility index (Phi) is 17.6. The molecule has 0 aromatic carbocycles. The maximum atomic E-state index is 9.71. The second-order valence-electron chi connectivity index (χ2n) is 1.50. The van der Waals surface area contributed by atoms with Crippen LogP contribution >= 0.6 is 0 Å². The van der Waals surface area contributed by atoms with E-state index >= 15 is 0 Å². The van der Waals surface area contributed by atoms with Crippen molar-refractivity contribution in [1.82, 2.24) is 0 Å². The molecule has 0 heterocycles. The molecule has 0 bridgehead atoms. The van der Waals surface area contributed by atoms with Crippen molar-refractivity contribution in [2.24, 2.45) is 5.73 Å². The van der Waals surface area contributed by atoms with E-state index in [0.29, 0.717) is 0 Å². The summed E-state index contributed by atoms with van der Waals surface area (Å²) in [5, 5.41) is 19.3. The molecule has 7 heteroatoms. The summed E-state index contributed by atoms with van der Waals surface area (Å²) in [6, 6.07) is -1.46. The average Bonchev–Trinajstić information content (AvgIpc) is 1.63. The van der Waals surface area contributed by atoms with Gasteiger partial charge in [-0.2, -0.15) is 0 Å². The van der Waals surface area contributed by atoms with Crippen molar-refractivity contribution in [2.75, 3.05) is 0 Å². The van der Waals surface area contributed by atoms with Gasteiger partial charge in [-0.3, -0.25) is 0 Å². The van der Waals surface area contributed by atoms with Gasteiger partial charge in [0.05, 0.1) is 5.97 Å². The summed E-state index contributed by atoms with van der Waals surface area (Å²) in [7, 11) is 0. The number of aliphatic carboxylic acids is 2. The first kappa shape index (κ1) is 18.9. The van der Waals surface area contributed by atoms with Gasteiger partial charge in [-0.05, 0) is 0 Å². The van der Waals surface area contributed by atoms with E-state index in [1.807, 2.05) is 0 Å². The van der Waals surface area contributed by atoms with Crippen molar-refractivity contribution in [1.29, 1.82) is 0 Å². The number of carboxylic acid groups (broad SMARTS) is 2. The molecule has 0 aromatic rings. The zero-order chi connectivity index (χ0) is 7.44. The molecule has 0 saturated carbocycles. The summed E-state index contributed by atoms with van der Waals surface area (Å²) in [4.78, 5) is 19.3. The van der Waals surface area contributed by atoms with Gasteiger partial charge in [-0.15, -0.1) is 0 Å². The molecule has 0 aromatic heterocycles. The zero-order valence-corrected chi connectivity index (χ0v) is 12.7. The number of carbonyl (C=O) groups is 2. The minimum absolute atomic E-state index is 0. The van der Waals surface area contributed by atoms with Crippen molar-refractivity contribution in [3.8, 4) is 0 Å². The first-order chi connectivity index (χ1) is 4.04. The summed E-state index contributed by atoms with van der Waals surface area (Å²) >= 11 is 0. The Morgan fingerprint density at radius 2 is 1.64 bits per heavy atom. The van der Waals surface area contributed by atoms with Crippen LogP contribution in [0.25, 0.3) is 0 Å². The Labute approximate surface area is 149 Å². The second-order valence-corrected chi connectivity index (χ2v) is 1.50. The molecule has 0 aliphatic carbocycles. The Morgan fingerprint density at radius 1 is 1.27 bits per heavy atom. The van der Waals surface area contributed by atoms with Gasteiger partial charge in [-0.25, -0.2) is 0 Å². The van der Waals surface area contributed by atoms with Crippen LogP contribution in [-0.2, 0) is 9.59 Å². The van der Waals surface area contributed by atoms with Crippen LogP contribution in [0.15, 0.2) is 0 Å². The van der Waals surface area contributed by atoms with E-state index in [0.717, 1.165) is 0 Å². The van der Waals surface area contributed by atoms with Crippen molar-refractivity contribution < 1.29 is 123 Å². The van der Waals surface area contributed by atoms with Crippen LogP contribution in [0.4, 0.5) is 0 Å². The minimum Gasteiger partial charge on any atom is -0.550 e. The fraction of sp³-hybridized carbons (Fsp3) is 0.500. The molecule has 11 heavy (non-hydrogen) atoms. The summed E-state index contributed by atoms with van der Waals surface area (Å²) in [5.41, 5.74) is 4.73. The molecule has 0 amide bonds. The van der Waals surface area contributed by atoms with Crippen LogP contribution in [0.1, 0.15) is 6.42 Å². The third kappa shape index (κ3) is 12.2. The normalized spacial score (nSPS) is 10.3. The van der Waals surface area contributed by atoms with Crippen molar-refractivity contribution >= 4 is 11.9 Å². The summed E-state index contributed by atoms with van der Waals surface area (Å²) < 4.78 is 0. The van der Waals surface area contributed by atoms with Gasteiger partial charge in [0.15, 0.2) is 0 Å². The monoisotopic (exact) mass is 209 g/mol. The number of nitrogens with two attached hydrogens (primary N) is 1. The van der Waals surface area contributed by atoms with Gasteiger partial charge < -0.3 is 25.5 Å². The van der Waals surface area contributed by atoms with Crippen LogP contribution in [0.5, 0.6) is 0 Å². The Morgan fingerprint density at radius 3 is 1.73 bits per heavy atom. The van der Waals surface area contributed by atoms with Crippen LogP contribution in [0.2, 0.25) is 0 Å². The van der Waals surface area contributed by atoms with E-state index in [9.17, 15) is 19.8 Å². The van der Waals surface area contributed by atoms with Crippen molar-refractivity contribution in [2.45, 2.75) is 12.5 Å². The molecule has 0 radical (unpaired) electrons. The topological polar surface area (TPSA) is 106 Å². The molecular formula is C4H5K2NO4. The van der Waals surface area contributed by atoms with Crippen LogP contribution in [-0.4, -0.2) is 18.0 Å². The molecule has 1 atom stereocenters. The third-order valence-corrected chi connectivity index (χ3v) is 0.689. The molecule has 0 spiro atoms. The summed E-state index contributed by atoms with van der Waals surface area (Å²) in [6.07, 6.45) is -0.706. The van der Waals surface area contributed by atoms with Crippen molar-refractivity contribution in [3.05, 3.63) is 0 Å². The standard InChI is InChI=1S/C4H7NO4.2K/c5-2(4(8)9)1-3(6)7;;/h2H,1,5H2,(H,6,7)(H,8,9);;/q;2*+1/p-2/t2-;;/m0../s1. The smallest absolute Gasteiger partial charge is 0.550 e. The maximum Gasteiger partial charge on any atom is 1.00 e. The van der Waals surface area contributed by atoms with Crippen LogP contribution in [0.3, 0.4) is 0 Å². The first-order valence-electron chi connectivity index (χ1n) is 2.20.